The number of anilines is 1. The van der Waals surface area contributed by atoms with Gasteiger partial charge in [-0.25, -0.2) is 18.3 Å². The summed E-state index contributed by atoms with van der Waals surface area (Å²) in [7, 11) is 0. The molecule has 0 aliphatic heterocycles. The van der Waals surface area contributed by atoms with E-state index in [9.17, 15) is 18.4 Å². The van der Waals surface area contributed by atoms with Gasteiger partial charge in [0.2, 0.25) is 11.8 Å². The molecule has 8 nitrogen and oxygen atoms in total. The largest absolute Gasteiger partial charge is 0.334 e. The Balaban J connectivity index is 1.68. The minimum atomic E-state index is -0.889. The number of carbonyl (C=O) groups excluding carboxylic acids is 2. The quantitative estimate of drug-likeness (QED) is 0.609. The van der Waals surface area contributed by atoms with Gasteiger partial charge in [0.1, 0.15) is 29.0 Å². The van der Waals surface area contributed by atoms with Crippen LogP contribution in [0.5, 0.6) is 0 Å². The number of carbonyl (C=O) groups is 2. The van der Waals surface area contributed by atoms with E-state index in [0.717, 1.165) is 23.4 Å². The molecule has 0 saturated carbocycles. The first kappa shape index (κ1) is 22.8. The Morgan fingerprint density at radius 3 is 2.56 bits per heavy atom. The zero-order valence-electron chi connectivity index (χ0n) is 17.9. The van der Waals surface area contributed by atoms with E-state index in [1.807, 2.05) is 13.0 Å². The van der Waals surface area contributed by atoms with Gasteiger partial charge in [-0.05, 0) is 44.9 Å². The number of nitriles is 1. The van der Waals surface area contributed by atoms with Crippen LogP contribution in [0, 0.1) is 36.8 Å². The van der Waals surface area contributed by atoms with Gasteiger partial charge in [-0.1, -0.05) is 6.07 Å². The van der Waals surface area contributed by atoms with Gasteiger partial charge in [0, 0.05) is 24.4 Å². The second kappa shape index (κ2) is 9.51. The summed E-state index contributed by atoms with van der Waals surface area (Å²) in [5.41, 5.74) is 2.58. The van der Waals surface area contributed by atoms with Gasteiger partial charge in [0.15, 0.2) is 5.65 Å². The van der Waals surface area contributed by atoms with Crippen molar-refractivity contribution in [1.29, 1.82) is 5.26 Å². The van der Waals surface area contributed by atoms with Gasteiger partial charge in [0.25, 0.3) is 0 Å². The fraction of sp³-hybridized carbons (Fsp3) is 0.318. The van der Waals surface area contributed by atoms with Crippen molar-refractivity contribution in [2.75, 3.05) is 18.4 Å². The van der Waals surface area contributed by atoms with Crippen LogP contribution < -0.4 is 5.32 Å². The number of aromatic nitrogens is 3. The van der Waals surface area contributed by atoms with Gasteiger partial charge >= 0.3 is 0 Å². The number of aryl methyl sites for hydroxylation is 2. The lowest BCUT2D eigenvalue weighted by atomic mass is 10.1. The fourth-order valence-corrected chi connectivity index (χ4v) is 3.49. The molecule has 0 unspecified atom stereocenters. The van der Waals surface area contributed by atoms with Crippen LogP contribution in [0.15, 0.2) is 24.4 Å². The third-order valence-corrected chi connectivity index (χ3v) is 5.21. The summed E-state index contributed by atoms with van der Waals surface area (Å²) in [6.45, 7) is 5.28. The maximum absolute atomic E-state index is 13.7. The lowest BCUT2D eigenvalue weighted by Crippen LogP contribution is -2.38. The number of rotatable bonds is 7. The molecule has 0 spiro atoms. The Bertz CT molecular complexity index is 1210. The zero-order valence-corrected chi connectivity index (χ0v) is 17.9. The number of amides is 2. The van der Waals surface area contributed by atoms with E-state index in [-0.39, 0.29) is 25.4 Å². The average Bonchev–Trinajstić information content (AvgIpc) is 3.17. The molecule has 0 saturated heterocycles. The first-order valence-electron chi connectivity index (χ1n) is 10.0. The predicted molar refractivity (Wildman–Crippen MR) is 113 cm³/mol. The van der Waals surface area contributed by atoms with E-state index >= 15 is 0 Å². The zero-order chi connectivity index (χ0) is 23.4. The van der Waals surface area contributed by atoms with Crippen LogP contribution in [-0.4, -0.2) is 44.4 Å². The van der Waals surface area contributed by atoms with Crippen LogP contribution in [-0.2, 0) is 16.0 Å². The topological polar surface area (TPSA) is 103 Å². The van der Waals surface area contributed by atoms with E-state index in [0.29, 0.717) is 23.3 Å². The summed E-state index contributed by atoms with van der Waals surface area (Å²) in [5, 5.41) is 15.5. The highest BCUT2D eigenvalue weighted by molar-refractivity contribution is 5.94. The molecule has 10 heteroatoms. The standard InChI is InChI=1S/C22H22F2N6O2/c1-4-29(12-19(31)28-21-17(23)6-5-7-18(21)24)20(32)9-8-16-13(2)27-22-15(10-25)11-26-30(22)14(16)3/h5-7,11H,4,8-9,12H2,1-3H3,(H,28,31). The lowest BCUT2D eigenvalue weighted by Gasteiger charge is -2.21. The Hall–Kier alpha value is -3.87. The molecule has 1 aromatic carbocycles. The smallest absolute Gasteiger partial charge is 0.244 e. The summed E-state index contributed by atoms with van der Waals surface area (Å²) in [6, 6.07) is 5.32. The molecule has 0 aliphatic carbocycles. The highest BCUT2D eigenvalue weighted by Crippen LogP contribution is 2.19. The second-order valence-electron chi connectivity index (χ2n) is 7.22. The Morgan fingerprint density at radius 2 is 1.94 bits per heavy atom. The molecule has 0 aliphatic rings. The molecule has 32 heavy (non-hydrogen) atoms. The SMILES string of the molecule is CCN(CC(=O)Nc1c(F)cccc1F)C(=O)CCc1c(C)nc2c(C#N)cnn2c1C. The third-order valence-electron chi connectivity index (χ3n) is 5.21. The molecule has 2 amide bonds. The molecule has 2 aromatic heterocycles. The van der Waals surface area contributed by atoms with Crippen molar-refractivity contribution in [3.63, 3.8) is 0 Å². The molecular weight excluding hydrogens is 418 g/mol. The average molecular weight is 440 g/mol. The minimum absolute atomic E-state index is 0.108. The van der Waals surface area contributed by atoms with E-state index in [1.54, 1.807) is 18.4 Å². The number of nitrogens with zero attached hydrogens (tertiary/aromatic N) is 5. The number of hydrogen-bond acceptors (Lipinski definition) is 5. The van der Waals surface area contributed by atoms with Gasteiger partial charge in [0.05, 0.1) is 12.7 Å². The summed E-state index contributed by atoms with van der Waals surface area (Å²) in [4.78, 5) is 30.7. The number of benzene rings is 1. The van der Waals surface area contributed by atoms with Crippen molar-refractivity contribution >= 4 is 23.1 Å². The number of halogens is 2. The van der Waals surface area contributed by atoms with Gasteiger partial charge in [-0.2, -0.15) is 10.4 Å². The monoisotopic (exact) mass is 440 g/mol. The molecule has 0 bridgehead atoms. The molecule has 2 heterocycles. The van der Waals surface area contributed by atoms with Crippen molar-refractivity contribution in [2.24, 2.45) is 0 Å². The first-order chi connectivity index (χ1) is 15.3. The molecule has 166 valence electrons. The van der Waals surface area contributed by atoms with Crippen LogP contribution in [0.3, 0.4) is 0 Å². The maximum atomic E-state index is 13.7. The third kappa shape index (κ3) is 4.56. The van der Waals surface area contributed by atoms with Crippen LogP contribution in [0.4, 0.5) is 14.5 Å². The van der Waals surface area contributed by atoms with Crippen LogP contribution in [0.1, 0.15) is 35.9 Å². The first-order valence-corrected chi connectivity index (χ1v) is 10.0. The molecular formula is C22H22F2N6O2. The molecule has 3 aromatic rings. The number of nitrogens with one attached hydrogen (secondary N) is 1. The fourth-order valence-electron chi connectivity index (χ4n) is 3.49. The van der Waals surface area contributed by atoms with Crippen molar-refractivity contribution in [2.45, 2.75) is 33.6 Å². The molecule has 0 atom stereocenters. The van der Waals surface area contributed by atoms with Crippen LogP contribution in [0.2, 0.25) is 0 Å². The van der Waals surface area contributed by atoms with Crippen LogP contribution >= 0.6 is 0 Å². The molecule has 0 fully saturated rings. The predicted octanol–water partition coefficient (Wildman–Crippen LogP) is 2.92. The lowest BCUT2D eigenvalue weighted by molar-refractivity contribution is -0.134. The summed E-state index contributed by atoms with van der Waals surface area (Å²) < 4.78 is 29.1. The second-order valence-corrected chi connectivity index (χ2v) is 7.22. The van der Waals surface area contributed by atoms with Crippen molar-refractivity contribution in [1.82, 2.24) is 19.5 Å². The molecule has 0 radical (unpaired) electrons. The van der Waals surface area contributed by atoms with Crippen molar-refractivity contribution < 1.29 is 18.4 Å². The van der Waals surface area contributed by atoms with Gasteiger partial charge < -0.3 is 10.2 Å². The van der Waals surface area contributed by atoms with Gasteiger partial charge in [-0.3, -0.25) is 9.59 Å². The minimum Gasteiger partial charge on any atom is -0.334 e. The summed E-state index contributed by atoms with van der Waals surface area (Å²) in [5.74, 6) is -2.76. The van der Waals surface area contributed by atoms with Crippen molar-refractivity contribution in [3.05, 3.63) is 58.5 Å². The maximum Gasteiger partial charge on any atom is 0.244 e. The highest BCUT2D eigenvalue weighted by atomic mass is 19.1. The number of para-hydroxylation sites is 1. The number of hydrogen-bond donors (Lipinski definition) is 1. The van der Waals surface area contributed by atoms with E-state index in [2.05, 4.69) is 15.4 Å². The van der Waals surface area contributed by atoms with Crippen molar-refractivity contribution in [3.8, 4) is 6.07 Å². The Labute approximate surface area is 183 Å². The number of likely N-dealkylation sites (N-methyl/N-ethyl adjacent to an activating group) is 1. The Morgan fingerprint density at radius 1 is 1.25 bits per heavy atom. The highest BCUT2D eigenvalue weighted by Gasteiger charge is 2.20. The summed E-state index contributed by atoms with van der Waals surface area (Å²) in [6.07, 6.45) is 1.91. The number of fused-ring (bicyclic) bond motifs is 1. The Kier molecular flexibility index (Phi) is 6.78. The molecule has 1 N–H and O–H groups in total. The van der Waals surface area contributed by atoms with Gasteiger partial charge in [-0.15, -0.1) is 0 Å². The van der Waals surface area contributed by atoms with E-state index in [1.165, 1.54) is 17.2 Å². The molecule has 3 rings (SSSR count). The van der Waals surface area contributed by atoms with E-state index < -0.39 is 23.2 Å². The van der Waals surface area contributed by atoms with E-state index in [4.69, 9.17) is 5.26 Å². The summed E-state index contributed by atoms with van der Waals surface area (Å²) >= 11 is 0. The van der Waals surface area contributed by atoms with Crippen LogP contribution in [0.25, 0.3) is 5.65 Å². The normalized spacial score (nSPS) is 10.8.